The lowest BCUT2D eigenvalue weighted by molar-refractivity contribution is 0.414. The smallest absolute Gasteiger partial charge is 0.130 e. The summed E-state index contributed by atoms with van der Waals surface area (Å²) in [6.07, 6.45) is 0.510. The molecular formula is C17H19F2NO. The molecule has 2 aromatic rings. The quantitative estimate of drug-likeness (QED) is 0.872. The van der Waals surface area contributed by atoms with Crippen molar-refractivity contribution in [1.29, 1.82) is 0 Å². The summed E-state index contributed by atoms with van der Waals surface area (Å²) in [4.78, 5) is 0. The Morgan fingerprint density at radius 1 is 1.05 bits per heavy atom. The van der Waals surface area contributed by atoms with Crippen molar-refractivity contribution in [3.63, 3.8) is 0 Å². The topological polar surface area (TPSA) is 21.3 Å². The summed E-state index contributed by atoms with van der Waals surface area (Å²) in [5.74, 6) is -0.278. The standard InChI is InChI=1S/C17H19F2NO/c1-3-20-16(17-14(18)5-4-6-15(17)19)11-12-7-9-13(21-2)10-8-12/h4-10,16,20H,3,11H2,1-2H3. The summed E-state index contributed by atoms with van der Waals surface area (Å²) < 4.78 is 33.0. The highest BCUT2D eigenvalue weighted by Gasteiger charge is 2.19. The van der Waals surface area contributed by atoms with Gasteiger partial charge in [-0.2, -0.15) is 0 Å². The highest BCUT2D eigenvalue weighted by molar-refractivity contribution is 5.30. The zero-order valence-corrected chi connectivity index (χ0v) is 12.2. The highest BCUT2D eigenvalue weighted by atomic mass is 19.1. The second kappa shape index (κ2) is 7.18. The molecule has 0 saturated heterocycles. The maximum Gasteiger partial charge on any atom is 0.130 e. The van der Waals surface area contributed by atoms with Gasteiger partial charge >= 0.3 is 0 Å². The van der Waals surface area contributed by atoms with E-state index in [0.717, 1.165) is 11.3 Å². The predicted octanol–water partition coefficient (Wildman–Crippen LogP) is 3.87. The van der Waals surface area contributed by atoms with E-state index in [1.165, 1.54) is 18.2 Å². The largest absolute Gasteiger partial charge is 0.497 e. The molecule has 2 aromatic carbocycles. The fourth-order valence-electron chi connectivity index (χ4n) is 2.36. The van der Waals surface area contributed by atoms with Gasteiger partial charge in [0.2, 0.25) is 0 Å². The number of benzene rings is 2. The van der Waals surface area contributed by atoms with E-state index in [-0.39, 0.29) is 5.56 Å². The summed E-state index contributed by atoms with van der Waals surface area (Å²) >= 11 is 0. The molecule has 1 N–H and O–H groups in total. The van der Waals surface area contributed by atoms with Gasteiger partial charge in [-0.1, -0.05) is 25.1 Å². The van der Waals surface area contributed by atoms with Crippen LogP contribution in [0.1, 0.15) is 24.1 Å². The molecule has 2 nitrogen and oxygen atoms in total. The minimum atomic E-state index is -0.519. The third-order valence-electron chi connectivity index (χ3n) is 3.40. The molecule has 0 heterocycles. The zero-order chi connectivity index (χ0) is 15.2. The van der Waals surface area contributed by atoms with Gasteiger partial charge in [-0.15, -0.1) is 0 Å². The van der Waals surface area contributed by atoms with Crippen molar-refractivity contribution in [1.82, 2.24) is 5.32 Å². The minimum Gasteiger partial charge on any atom is -0.497 e. The van der Waals surface area contributed by atoms with Crippen LogP contribution in [0.15, 0.2) is 42.5 Å². The van der Waals surface area contributed by atoms with Gasteiger partial charge in [0, 0.05) is 11.6 Å². The molecular weight excluding hydrogens is 272 g/mol. The van der Waals surface area contributed by atoms with Crippen LogP contribution in [0, 0.1) is 11.6 Å². The van der Waals surface area contributed by atoms with Crippen LogP contribution in [0.25, 0.3) is 0 Å². The third-order valence-corrected chi connectivity index (χ3v) is 3.40. The van der Waals surface area contributed by atoms with Gasteiger partial charge in [-0.05, 0) is 42.8 Å². The van der Waals surface area contributed by atoms with E-state index in [9.17, 15) is 8.78 Å². The number of hydrogen-bond acceptors (Lipinski definition) is 2. The maximum atomic E-state index is 13.9. The first kappa shape index (κ1) is 15.4. The molecule has 1 unspecified atom stereocenters. The summed E-state index contributed by atoms with van der Waals surface area (Å²) in [5.41, 5.74) is 1.08. The molecule has 0 spiro atoms. The highest BCUT2D eigenvalue weighted by Crippen LogP contribution is 2.25. The summed E-state index contributed by atoms with van der Waals surface area (Å²) in [6, 6.07) is 11.1. The van der Waals surface area contributed by atoms with Crippen LogP contribution in [0.2, 0.25) is 0 Å². The molecule has 112 valence electrons. The SMILES string of the molecule is CCNC(Cc1ccc(OC)cc1)c1c(F)cccc1F. The van der Waals surface area contributed by atoms with Crippen molar-refractivity contribution in [2.75, 3.05) is 13.7 Å². The van der Waals surface area contributed by atoms with E-state index in [1.807, 2.05) is 31.2 Å². The van der Waals surface area contributed by atoms with Crippen LogP contribution in [0.4, 0.5) is 8.78 Å². The van der Waals surface area contributed by atoms with Gasteiger partial charge in [0.1, 0.15) is 17.4 Å². The Hall–Kier alpha value is -1.94. The number of methoxy groups -OCH3 is 1. The van der Waals surface area contributed by atoms with Crippen LogP contribution in [-0.2, 0) is 6.42 Å². The fraction of sp³-hybridized carbons (Fsp3) is 0.294. The van der Waals surface area contributed by atoms with Gasteiger partial charge in [0.15, 0.2) is 0 Å². The fourth-order valence-corrected chi connectivity index (χ4v) is 2.36. The van der Waals surface area contributed by atoms with Crippen LogP contribution >= 0.6 is 0 Å². The van der Waals surface area contributed by atoms with E-state index < -0.39 is 17.7 Å². The van der Waals surface area contributed by atoms with Gasteiger partial charge in [0.05, 0.1) is 7.11 Å². The van der Waals surface area contributed by atoms with Crippen molar-refractivity contribution in [3.8, 4) is 5.75 Å². The Morgan fingerprint density at radius 3 is 2.19 bits per heavy atom. The monoisotopic (exact) mass is 291 g/mol. The number of hydrogen-bond donors (Lipinski definition) is 1. The second-order valence-electron chi connectivity index (χ2n) is 4.80. The summed E-state index contributed by atoms with van der Waals surface area (Å²) in [5, 5.41) is 3.15. The predicted molar refractivity (Wildman–Crippen MR) is 79.5 cm³/mol. The summed E-state index contributed by atoms with van der Waals surface area (Å²) in [6.45, 7) is 2.55. The van der Waals surface area contributed by atoms with Crippen molar-refractivity contribution in [2.24, 2.45) is 0 Å². The maximum absolute atomic E-state index is 13.9. The zero-order valence-electron chi connectivity index (χ0n) is 12.2. The average Bonchev–Trinajstić information content (AvgIpc) is 2.48. The first-order valence-electron chi connectivity index (χ1n) is 6.96. The Balaban J connectivity index is 2.26. The molecule has 0 saturated carbocycles. The number of ether oxygens (including phenoxy) is 1. The molecule has 0 aliphatic carbocycles. The first-order valence-corrected chi connectivity index (χ1v) is 6.96. The van der Waals surface area contributed by atoms with Crippen LogP contribution < -0.4 is 10.1 Å². The van der Waals surface area contributed by atoms with Crippen molar-refractivity contribution in [3.05, 3.63) is 65.2 Å². The van der Waals surface area contributed by atoms with E-state index in [4.69, 9.17) is 4.74 Å². The number of halogens is 2. The van der Waals surface area contributed by atoms with Crippen LogP contribution in [-0.4, -0.2) is 13.7 Å². The average molecular weight is 291 g/mol. The van der Waals surface area contributed by atoms with Gasteiger partial charge in [0.25, 0.3) is 0 Å². The first-order chi connectivity index (χ1) is 10.2. The van der Waals surface area contributed by atoms with Crippen molar-refractivity contribution < 1.29 is 13.5 Å². The molecule has 1 atom stereocenters. The number of likely N-dealkylation sites (N-methyl/N-ethyl adjacent to an activating group) is 1. The molecule has 0 fully saturated rings. The van der Waals surface area contributed by atoms with Crippen molar-refractivity contribution >= 4 is 0 Å². The third kappa shape index (κ3) is 3.79. The number of nitrogens with one attached hydrogen (secondary N) is 1. The van der Waals surface area contributed by atoms with Gasteiger partial charge < -0.3 is 10.1 Å². The molecule has 0 aliphatic heterocycles. The molecule has 0 aromatic heterocycles. The lowest BCUT2D eigenvalue weighted by atomic mass is 9.97. The second-order valence-corrected chi connectivity index (χ2v) is 4.80. The Kier molecular flexibility index (Phi) is 5.28. The van der Waals surface area contributed by atoms with E-state index in [2.05, 4.69) is 5.32 Å². The van der Waals surface area contributed by atoms with Gasteiger partial charge in [-0.25, -0.2) is 8.78 Å². The van der Waals surface area contributed by atoms with Crippen LogP contribution in [0.3, 0.4) is 0 Å². The lowest BCUT2D eigenvalue weighted by Gasteiger charge is -2.20. The Labute approximate surface area is 123 Å². The number of rotatable bonds is 6. The molecule has 2 rings (SSSR count). The molecule has 21 heavy (non-hydrogen) atoms. The Morgan fingerprint density at radius 2 is 1.67 bits per heavy atom. The van der Waals surface area contributed by atoms with Crippen molar-refractivity contribution in [2.45, 2.75) is 19.4 Å². The van der Waals surface area contributed by atoms with Gasteiger partial charge in [-0.3, -0.25) is 0 Å². The van der Waals surface area contributed by atoms with Crippen LogP contribution in [0.5, 0.6) is 5.75 Å². The minimum absolute atomic E-state index is 0.0927. The molecule has 0 aliphatic rings. The van der Waals surface area contributed by atoms with E-state index in [1.54, 1.807) is 7.11 Å². The summed E-state index contributed by atoms with van der Waals surface area (Å²) in [7, 11) is 1.60. The van der Waals surface area contributed by atoms with E-state index in [0.29, 0.717) is 13.0 Å². The Bertz CT molecular complexity index is 564. The lowest BCUT2D eigenvalue weighted by Crippen LogP contribution is -2.25. The normalized spacial score (nSPS) is 12.2. The molecule has 0 radical (unpaired) electrons. The molecule has 4 heteroatoms. The van der Waals surface area contributed by atoms with E-state index >= 15 is 0 Å². The molecule has 0 amide bonds. The molecule has 0 bridgehead atoms.